The van der Waals surface area contributed by atoms with E-state index in [1.807, 2.05) is 12.2 Å². The molecule has 0 aliphatic carbocycles. The molecule has 0 radical (unpaired) electrons. The highest BCUT2D eigenvalue weighted by Gasteiger charge is 2.51. The van der Waals surface area contributed by atoms with Gasteiger partial charge in [-0.05, 0) is 22.3 Å². The smallest absolute Gasteiger partial charge is 0.177 e. The van der Waals surface area contributed by atoms with Crippen molar-refractivity contribution in [3.05, 3.63) is 83.9 Å². The van der Waals surface area contributed by atoms with E-state index >= 15 is 0 Å². The molecule has 0 spiro atoms. The Morgan fingerprint density at radius 1 is 0.741 bits per heavy atom. The van der Waals surface area contributed by atoms with E-state index in [1.165, 1.54) is 11.1 Å². The van der Waals surface area contributed by atoms with Gasteiger partial charge in [0.2, 0.25) is 0 Å². The van der Waals surface area contributed by atoms with Crippen LogP contribution in [0.3, 0.4) is 0 Å². The normalized spacial score (nSPS) is 26.7. The lowest BCUT2D eigenvalue weighted by Crippen LogP contribution is -2.59. The van der Waals surface area contributed by atoms with Gasteiger partial charge in [-0.2, -0.15) is 0 Å². The minimum absolute atomic E-state index is 0.586. The van der Waals surface area contributed by atoms with Crippen LogP contribution in [0, 0.1) is 0 Å². The quantitative estimate of drug-likeness (QED) is 0.661. The summed E-state index contributed by atoms with van der Waals surface area (Å²) in [5, 5.41) is 0. The summed E-state index contributed by atoms with van der Waals surface area (Å²) in [6.07, 6.45) is 6.93. The lowest BCUT2D eigenvalue weighted by atomic mass is 9.94. The highest BCUT2D eigenvalue weighted by Crippen LogP contribution is 2.42. The molecule has 2 aliphatic heterocycles. The van der Waals surface area contributed by atoms with Crippen LogP contribution in [0.1, 0.15) is 35.1 Å². The van der Waals surface area contributed by atoms with Gasteiger partial charge < -0.3 is 14.2 Å². The molecule has 0 N–H and O–H groups in total. The number of hydrogen-bond acceptors (Lipinski definition) is 3. The molecule has 2 atom stereocenters. The molecule has 27 heavy (non-hydrogen) atoms. The summed E-state index contributed by atoms with van der Waals surface area (Å²) in [5.74, 6) is -1.17. The Kier molecular flexibility index (Phi) is 5.00. The number of ether oxygens (including phenoxy) is 3. The molecular weight excluding hydrogens is 336 g/mol. The predicted molar refractivity (Wildman–Crippen MR) is 108 cm³/mol. The Labute approximate surface area is 161 Å². The van der Waals surface area contributed by atoms with Crippen LogP contribution < -0.4 is 0 Å². The maximum absolute atomic E-state index is 6.53. The van der Waals surface area contributed by atoms with Gasteiger partial charge in [-0.25, -0.2) is 0 Å². The maximum atomic E-state index is 6.53. The van der Waals surface area contributed by atoms with Crippen molar-refractivity contribution in [2.75, 3.05) is 13.2 Å². The molecular formula is C24H26O3. The molecule has 2 heterocycles. The molecule has 0 bridgehead atoms. The van der Waals surface area contributed by atoms with Crippen molar-refractivity contribution in [2.24, 2.45) is 0 Å². The molecule has 0 aromatic heterocycles. The van der Waals surface area contributed by atoms with Crippen molar-refractivity contribution in [1.82, 2.24) is 0 Å². The van der Waals surface area contributed by atoms with Crippen LogP contribution >= 0.6 is 0 Å². The Balaban J connectivity index is 1.47. The van der Waals surface area contributed by atoms with Gasteiger partial charge >= 0.3 is 0 Å². The first-order valence-electron chi connectivity index (χ1n) is 9.55. The summed E-state index contributed by atoms with van der Waals surface area (Å²) >= 11 is 0. The van der Waals surface area contributed by atoms with Gasteiger partial charge in [-0.15, -0.1) is 0 Å². The monoisotopic (exact) mass is 362 g/mol. The molecule has 3 heteroatoms. The third-order valence-electron chi connectivity index (χ3n) is 5.45. The first kappa shape index (κ1) is 18.2. The van der Waals surface area contributed by atoms with Crippen LogP contribution in [0.2, 0.25) is 0 Å². The van der Waals surface area contributed by atoms with Gasteiger partial charge in [-0.1, -0.05) is 73.8 Å². The summed E-state index contributed by atoms with van der Waals surface area (Å²) in [4.78, 5) is 0. The predicted octanol–water partition coefficient (Wildman–Crippen LogP) is 5.01. The van der Waals surface area contributed by atoms with E-state index in [-0.39, 0.29) is 0 Å². The Hall–Kier alpha value is -2.20. The molecule has 2 aliphatic rings. The van der Waals surface area contributed by atoms with Crippen molar-refractivity contribution < 1.29 is 14.2 Å². The number of hydrogen-bond donors (Lipinski definition) is 0. The van der Waals surface area contributed by atoms with Crippen molar-refractivity contribution in [3.63, 3.8) is 0 Å². The third-order valence-corrected chi connectivity index (χ3v) is 5.45. The molecule has 0 saturated carbocycles. The maximum Gasteiger partial charge on any atom is 0.177 e. The summed E-state index contributed by atoms with van der Waals surface area (Å²) in [5.41, 5.74) is 4.63. The Bertz CT molecular complexity index is 727. The van der Waals surface area contributed by atoms with Gasteiger partial charge in [0, 0.05) is 25.7 Å². The molecule has 4 rings (SSSR count). The average molecular weight is 362 g/mol. The van der Waals surface area contributed by atoms with E-state index in [0.29, 0.717) is 0 Å². The highest BCUT2D eigenvalue weighted by molar-refractivity contribution is 5.48. The van der Waals surface area contributed by atoms with Crippen LogP contribution in [-0.2, 0) is 27.1 Å². The van der Waals surface area contributed by atoms with Crippen molar-refractivity contribution in [1.29, 1.82) is 0 Å². The van der Waals surface area contributed by atoms with Gasteiger partial charge in [-0.3, -0.25) is 0 Å². The minimum Gasteiger partial charge on any atom is -0.349 e. The van der Waals surface area contributed by atoms with E-state index < -0.39 is 11.6 Å². The fourth-order valence-electron chi connectivity index (χ4n) is 3.68. The molecule has 2 fully saturated rings. The van der Waals surface area contributed by atoms with E-state index in [1.54, 1.807) is 0 Å². The summed E-state index contributed by atoms with van der Waals surface area (Å²) in [6.45, 7) is 9.08. The third kappa shape index (κ3) is 3.91. The van der Waals surface area contributed by atoms with E-state index in [9.17, 15) is 0 Å². The highest BCUT2D eigenvalue weighted by atomic mass is 16.8. The largest absolute Gasteiger partial charge is 0.349 e. The molecule has 2 saturated heterocycles. The minimum atomic E-state index is -0.586. The van der Waals surface area contributed by atoms with Gasteiger partial charge in [0.25, 0.3) is 0 Å². The average Bonchev–Trinajstić information content (AvgIpc) is 2.65. The van der Waals surface area contributed by atoms with Crippen LogP contribution in [0.25, 0.3) is 12.2 Å². The van der Waals surface area contributed by atoms with E-state index in [2.05, 4.69) is 61.7 Å². The zero-order chi connectivity index (χ0) is 18.7. The Morgan fingerprint density at radius 2 is 1.11 bits per heavy atom. The first-order chi connectivity index (χ1) is 13.1. The number of benzene rings is 2. The molecule has 2 unspecified atom stereocenters. The van der Waals surface area contributed by atoms with Crippen LogP contribution in [0.5, 0.6) is 0 Å². The fourth-order valence-corrected chi connectivity index (χ4v) is 3.68. The lowest BCUT2D eigenvalue weighted by Gasteiger charge is -2.51. The number of rotatable bonds is 8. The standard InChI is InChI=1S/C24H26O3/c1-3-19-5-9-21(10-6-19)17-23(13-15-25-23)27-24(14-16-26-24)18-22-11-7-20(4-2)8-12-22/h3-12H,1-2,13-18H2. The van der Waals surface area contributed by atoms with E-state index in [0.717, 1.165) is 50.0 Å². The molecule has 140 valence electrons. The first-order valence-corrected chi connectivity index (χ1v) is 9.55. The topological polar surface area (TPSA) is 27.7 Å². The summed E-state index contributed by atoms with van der Waals surface area (Å²) in [7, 11) is 0. The second-order valence-electron chi connectivity index (χ2n) is 7.37. The van der Waals surface area contributed by atoms with Crippen LogP contribution in [-0.4, -0.2) is 24.8 Å². The van der Waals surface area contributed by atoms with Crippen LogP contribution in [0.4, 0.5) is 0 Å². The van der Waals surface area contributed by atoms with E-state index in [4.69, 9.17) is 14.2 Å². The molecule has 0 amide bonds. The molecule has 2 aromatic carbocycles. The SMILES string of the molecule is C=Cc1ccc(CC2(OC3(Cc4ccc(C=C)cc4)CCO3)CCO2)cc1. The van der Waals surface area contributed by atoms with Gasteiger partial charge in [0.15, 0.2) is 11.6 Å². The van der Waals surface area contributed by atoms with Crippen molar-refractivity contribution in [3.8, 4) is 0 Å². The van der Waals surface area contributed by atoms with Gasteiger partial charge in [0.05, 0.1) is 13.2 Å². The molecule has 3 nitrogen and oxygen atoms in total. The summed E-state index contributed by atoms with van der Waals surface area (Å²) in [6, 6.07) is 16.8. The van der Waals surface area contributed by atoms with Crippen LogP contribution in [0.15, 0.2) is 61.7 Å². The second kappa shape index (κ2) is 7.43. The van der Waals surface area contributed by atoms with Gasteiger partial charge in [0.1, 0.15) is 0 Å². The zero-order valence-electron chi connectivity index (χ0n) is 15.7. The van der Waals surface area contributed by atoms with Crippen molar-refractivity contribution in [2.45, 2.75) is 37.3 Å². The fraction of sp³-hybridized carbons (Fsp3) is 0.333. The van der Waals surface area contributed by atoms with Crippen molar-refractivity contribution >= 4 is 12.2 Å². The summed E-state index contributed by atoms with van der Waals surface area (Å²) < 4.78 is 18.4. The Morgan fingerprint density at radius 3 is 1.37 bits per heavy atom. The zero-order valence-corrected chi connectivity index (χ0v) is 15.7. The molecule has 2 aromatic rings. The second-order valence-corrected chi connectivity index (χ2v) is 7.37. The lowest BCUT2D eigenvalue weighted by molar-refractivity contribution is -0.428.